The molecule has 1 heterocycles. The lowest BCUT2D eigenvalue weighted by Gasteiger charge is -2.28. The van der Waals surface area contributed by atoms with E-state index in [0.29, 0.717) is 24.2 Å². The minimum Gasteiger partial charge on any atom is -0.322 e. The quantitative estimate of drug-likeness (QED) is 0.583. The van der Waals surface area contributed by atoms with Crippen molar-refractivity contribution < 1.29 is 17.6 Å². The topological polar surface area (TPSA) is 66.5 Å². The van der Waals surface area contributed by atoms with Gasteiger partial charge in [-0.15, -0.1) is 0 Å². The second-order valence-electron chi connectivity index (χ2n) is 6.99. The summed E-state index contributed by atoms with van der Waals surface area (Å²) in [6, 6.07) is 17.4. The van der Waals surface area contributed by atoms with Crippen LogP contribution in [0.5, 0.6) is 0 Å². The van der Waals surface area contributed by atoms with Crippen LogP contribution in [0.4, 0.5) is 10.1 Å². The van der Waals surface area contributed by atoms with Crippen LogP contribution in [0.15, 0.2) is 76.1 Å². The van der Waals surface area contributed by atoms with Crippen LogP contribution in [0.25, 0.3) is 0 Å². The highest BCUT2D eigenvalue weighted by molar-refractivity contribution is 9.10. The van der Waals surface area contributed by atoms with Crippen molar-refractivity contribution in [1.82, 2.24) is 4.31 Å². The molecule has 8 heteroatoms. The molecule has 3 aromatic carbocycles. The lowest BCUT2D eigenvalue weighted by Crippen LogP contribution is -2.36. The number of benzene rings is 3. The fourth-order valence-corrected chi connectivity index (χ4v) is 5.06. The molecule has 0 spiro atoms. The first-order valence-electron chi connectivity index (χ1n) is 9.27. The molecule has 30 heavy (non-hydrogen) atoms. The summed E-state index contributed by atoms with van der Waals surface area (Å²) in [6.45, 7) is 0.536. The fraction of sp³-hybridized carbons (Fsp3) is 0.136. The van der Waals surface area contributed by atoms with Crippen LogP contribution in [0.2, 0.25) is 0 Å². The maximum atomic E-state index is 13.2. The van der Waals surface area contributed by atoms with Crippen LogP contribution >= 0.6 is 15.9 Å². The van der Waals surface area contributed by atoms with Gasteiger partial charge in [0.1, 0.15) is 5.82 Å². The van der Waals surface area contributed by atoms with Crippen molar-refractivity contribution in [2.24, 2.45) is 0 Å². The summed E-state index contributed by atoms with van der Waals surface area (Å²) in [5.74, 6) is -0.724. The van der Waals surface area contributed by atoms with Crippen LogP contribution in [0.1, 0.15) is 21.5 Å². The van der Waals surface area contributed by atoms with Crippen molar-refractivity contribution in [2.75, 3.05) is 11.9 Å². The molecule has 1 aliphatic rings. The van der Waals surface area contributed by atoms with E-state index in [0.717, 1.165) is 27.7 Å². The van der Waals surface area contributed by atoms with E-state index >= 15 is 0 Å². The molecule has 0 radical (unpaired) electrons. The van der Waals surface area contributed by atoms with E-state index in [1.165, 1.54) is 16.4 Å². The fourth-order valence-electron chi connectivity index (χ4n) is 3.37. The Balaban J connectivity index is 1.54. The number of anilines is 1. The summed E-state index contributed by atoms with van der Waals surface area (Å²) in [6.07, 6.45) is 0.566. The number of rotatable bonds is 4. The van der Waals surface area contributed by atoms with Crippen molar-refractivity contribution in [1.29, 1.82) is 0 Å². The lowest BCUT2D eigenvalue weighted by atomic mass is 10.0. The number of hydrogen-bond donors (Lipinski definition) is 1. The summed E-state index contributed by atoms with van der Waals surface area (Å²) < 4.78 is 41.2. The molecule has 0 unspecified atom stereocenters. The zero-order valence-corrected chi connectivity index (χ0v) is 18.2. The lowest BCUT2D eigenvalue weighted by molar-refractivity contribution is 0.102. The molecule has 0 fully saturated rings. The second-order valence-corrected chi connectivity index (χ2v) is 9.84. The van der Waals surface area contributed by atoms with Gasteiger partial charge in [0.05, 0.1) is 4.90 Å². The largest absolute Gasteiger partial charge is 0.322 e. The Labute approximate surface area is 182 Å². The molecule has 0 bridgehead atoms. The normalized spacial score (nSPS) is 14.2. The van der Waals surface area contributed by atoms with Gasteiger partial charge in [0.15, 0.2) is 0 Å². The van der Waals surface area contributed by atoms with Crippen molar-refractivity contribution in [3.05, 3.63) is 93.7 Å². The molecule has 5 nitrogen and oxygen atoms in total. The Morgan fingerprint density at radius 2 is 1.67 bits per heavy atom. The number of amides is 1. The molecular weight excluding hydrogens is 471 g/mol. The van der Waals surface area contributed by atoms with E-state index in [1.807, 2.05) is 12.1 Å². The number of carbonyl (C=O) groups excluding carboxylic acids is 1. The van der Waals surface area contributed by atoms with E-state index in [2.05, 4.69) is 21.2 Å². The SMILES string of the molecule is O=C(Nc1ccc2c(c1)CN(S(=O)(=O)c1ccc(F)cc1)CC2)c1ccc(Br)cc1. The Hall–Kier alpha value is -2.55. The zero-order valence-electron chi connectivity index (χ0n) is 15.8. The highest BCUT2D eigenvalue weighted by atomic mass is 79.9. The Morgan fingerprint density at radius 1 is 0.967 bits per heavy atom. The molecule has 0 aliphatic carbocycles. The van der Waals surface area contributed by atoms with E-state index < -0.39 is 15.8 Å². The van der Waals surface area contributed by atoms with Crippen molar-refractivity contribution >= 4 is 37.5 Å². The van der Waals surface area contributed by atoms with Gasteiger partial charge >= 0.3 is 0 Å². The molecule has 4 rings (SSSR count). The number of fused-ring (bicyclic) bond motifs is 1. The molecule has 154 valence electrons. The van der Waals surface area contributed by atoms with E-state index in [9.17, 15) is 17.6 Å². The van der Waals surface area contributed by atoms with Crippen LogP contribution in [-0.2, 0) is 23.0 Å². The zero-order chi connectivity index (χ0) is 21.3. The van der Waals surface area contributed by atoms with Gasteiger partial charge in [-0.2, -0.15) is 4.31 Å². The average molecular weight is 489 g/mol. The highest BCUT2D eigenvalue weighted by Crippen LogP contribution is 2.27. The minimum absolute atomic E-state index is 0.0621. The average Bonchev–Trinajstić information content (AvgIpc) is 2.74. The third-order valence-corrected chi connectivity index (χ3v) is 7.39. The van der Waals surface area contributed by atoms with E-state index in [-0.39, 0.29) is 17.3 Å². The molecule has 0 saturated carbocycles. The van der Waals surface area contributed by atoms with Gasteiger partial charge in [-0.25, -0.2) is 12.8 Å². The number of hydrogen-bond acceptors (Lipinski definition) is 3. The smallest absolute Gasteiger partial charge is 0.255 e. The van der Waals surface area contributed by atoms with Gasteiger partial charge in [-0.3, -0.25) is 4.79 Å². The van der Waals surface area contributed by atoms with Crippen molar-refractivity contribution in [3.8, 4) is 0 Å². The summed E-state index contributed by atoms with van der Waals surface area (Å²) >= 11 is 3.34. The molecular formula is C22H18BrFN2O3S. The van der Waals surface area contributed by atoms with Crippen LogP contribution in [-0.4, -0.2) is 25.2 Å². The third kappa shape index (κ3) is 4.30. The first kappa shape index (κ1) is 20.7. The maximum absolute atomic E-state index is 13.2. The van der Waals surface area contributed by atoms with E-state index in [1.54, 1.807) is 30.3 Å². The van der Waals surface area contributed by atoms with Crippen molar-refractivity contribution in [2.45, 2.75) is 17.9 Å². The number of nitrogens with one attached hydrogen (secondary N) is 1. The summed E-state index contributed by atoms with van der Waals surface area (Å²) in [5.41, 5.74) is 3.00. The number of halogens is 2. The summed E-state index contributed by atoms with van der Waals surface area (Å²) in [7, 11) is -3.73. The monoisotopic (exact) mass is 488 g/mol. The molecule has 0 atom stereocenters. The van der Waals surface area contributed by atoms with Gasteiger partial charge < -0.3 is 5.32 Å². The van der Waals surface area contributed by atoms with Gasteiger partial charge in [0.25, 0.3) is 5.91 Å². The standard InChI is InChI=1S/C22H18BrFN2O3S/c23-18-4-1-16(2-5-18)22(27)25-20-8-3-15-11-12-26(14-17(15)13-20)30(28,29)21-9-6-19(24)7-10-21/h1-10,13H,11-12,14H2,(H,25,27). The number of carbonyl (C=O) groups is 1. The first-order chi connectivity index (χ1) is 14.3. The van der Waals surface area contributed by atoms with Gasteiger partial charge in [0, 0.05) is 28.8 Å². The van der Waals surface area contributed by atoms with Gasteiger partial charge in [-0.1, -0.05) is 22.0 Å². The molecule has 1 aliphatic heterocycles. The molecule has 0 saturated heterocycles. The molecule has 3 aromatic rings. The Kier molecular flexibility index (Phi) is 5.73. The Morgan fingerprint density at radius 3 is 2.37 bits per heavy atom. The van der Waals surface area contributed by atoms with Crippen molar-refractivity contribution in [3.63, 3.8) is 0 Å². The summed E-state index contributed by atoms with van der Waals surface area (Å²) in [4.78, 5) is 12.5. The third-order valence-electron chi connectivity index (χ3n) is 5.00. The van der Waals surface area contributed by atoms with Crippen LogP contribution in [0, 0.1) is 5.82 Å². The van der Waals surface area contributed by atoms with Gasteiger partial charge in [-0.05, 0) is 78.2 Å². The van der Waals surface area contributed by atoms with Gasteiger partial charge in [0.2, 0.25) is 10.0 Å². The Bertz CT molecular complexity index is 1200. The molecule has 1 N–H and O–H groups in total. The maximum Gasteiger partial charge on any atom is 0.255 e. The molecule has 1 amide bonds. The summed E-state index contributed by atoms with van der Waals surface area (Å²) in [5, 5.41) is 2.86. The number of sulfonamides is 1. The molecule has 0 aromatic heterocycles. The predicted molar refractivity (Wildman–Crippen MR) is 116 cm³/mol. The van der Waals surface area contributed by atoms with E-state index in [4.69, 9.17) is 0 Å². The minimum atomic E-state index is -3.73. The predicted octanol–water partition coefficient (Wildman–Crippen LogP) is 4.59. The first-order valence-corrected chi connectivity index (χ1v) is 11.5. The highest BCUT2D eigenvalue weighted by Gasteiger charge is 2.28. The van der Waals surface area contributed by atoms with Crippen LogP contribution < -0.4 is 5.32 Å². The number of nitrogens with zero attached hydrogens (tertiary/aromatic N) is 1. The second kappa shape index (κ2) is 8.29. The van der Waals surface area contributed by atoms with Crippen LogP contribution in [0.3, 0.4) is 0 Å².